The number of halogens is 1. The lowest BCUT2D eigenvalue weighted by Gasteiger charge is -2.10. The van der Waals surface area contributed by atoms with E-state index in [9.17, 15) is 10.1 Å². The maximum absolute atomic E-state index is 10.5. The highest BCUT2D eigenvalue weighted by Gasteiger charge is 2.08. The highest BCUT2D eigenvalue weighted by atomic mass is 35.5. The van der Waals surface area contributed by atoms with Crippen LogP contribution in [0.4, 0.5) is 11.4 Å². The molecule has 0 aliphatic rings. The van der Waals surface area contributed by atoms with E-state index in [0.29, 0.717) is 5.02 Å². The minimum Gasteiger partial charge on any atom is -0.384 e. The molecular weight excluding hydrogens is 254 g/mol. The van der Waals surface area contributed by atoms with E-state index in [4.69, 9.17) is 11.6 Å². The molecule has 0 fully saturated rings. The van der Waals surface area contributed by atoms with Crippen molar-refractivity contribution in [2.24, 2.45) is 0 Å². The van der Waals surface area contributed by atoms with Crippen molar-refractivity contribution < 1.29 is 4.92 Å². The summed E-state index contributed by atoms with van der Waals surface area (Å²) in [5.74, 6) is 0. The van der Waals surface area contributed by atoms with Crippen molar-refractivity contribution in [1.82, 2.24) is 4.90 Å². The molecule has 1 N–H and O–H groups in total. The van der Waals surface area contributed by atoms with Gasteiger partial charge in [-0.15, -0.1) is 0 Å². The Balaban J connectivity index is 2.41. The Morgan fingerprint density at radius 3 is 2.67 bits per heavy atom. The minimum absolute atomic E-state index is 0.0122. The second-order valence-corrected chi connectivity index (χ2v) is 4.77. The quantitative estimate of drug-likeness (QED) is 0.470. The lowest BCUT2D eigenvalue weighted by molar-refractivity contribution is -0.384. The van der Waals surface area contributed by atoms with E-state index in [0.717, 1.165) is 31.6 Å². The molecule has 0 amide bonds. The van der Waals surface area contributed by atoms with Gasteiger partial charge in [-0.3, -0.25) is 10.1 Å². The molecule has 0 spiro atoms. The van der Waals surface area contributed by atoms with Crippen molar-refractivity contribution in [2.75, 3.05) is 32.5 Å². The third kappa shape index (κ3) is 4.89. The number of hydrogen-bond acceptors (Lipinski definition) is 4. The van der Waals surface area contributed by atoms with Crippen molar-refractivity contribution in [2.45, 2.75) is 12.8 Å². The first-order valence-electron chi connectivity index (χ1n) is 5.83. The molecule has 1 aromatic rings. The van der Waals surface area contributed by atoms with Crippen molar-refractivity contribution in [3.05, 3.63) is 33.3 Å². The summed E-state index contributed by atoms with van der Waals surface area (Å²) in [5.41, 5.74) is 0.755. The van der Waals surface area contributed by atoms with Gasteiger partial charge < -0.3 is 10.2 Å². The summed E-state index contributed by atoms with van der Waals surface area (Å²) in [6.07, 6.45) is 2.14. The molecule has 0 atom stereocenters. The molecule has 0 radical (unpaired) electrons. The summed E-state index contributed by atoms with van der Waals surface area (Å²) in [6, 6.07) is 4.46. The molecule has 0 aliphatic carbocycles. The van der Waals surface area contributed by atoms with Gasteiger partial charge in [-0.2, -0.15) is 0 Å². The lowest BCUT2D eigenvalue weighted by Crippen LogP contribution is -2.14. The monoisotopic (exact) mass is 271 g/mol. The molecule has 0 saturated carbocycles. The van der Waals surface area contributed by atoms with Gasteiger partial charge in [0, 0.05) is 18.7 Å². The first-order chi connectivity index (χ1) is 8.50. The van der Waals surface area contributed by atoms with Gasteiger partial charge in [0.25, 0.3) is 5.69 Å². The summed E-state index contributed by atoms with van der Waals surface area (Å²) in [4.78, 5) is 12.2. The minimum atomic E-state index is -0.452. The first-order valence-corrected chi connectivity index (χ1v) is 6.21. The molecular formula is C12H18ClN3O2. The maximum atomic E-state index is 10.5. The molecule has 0 saturated heterocycles. The molecule has 0 unspecified atom stereocenters. The van der Waals surface area contributed by atoms with Crippen LogP contribution in [-0.4, -0.2) is 37.0 Å². The SMILES string of the molecule is CN(C)CCCCNc1ccc([N+](=O)[O-])cc1Cl. The van der Waals surface area contributed by atoms with E-state index in [2.05, 4.69) is 10.2 Å². The van der Waals surface area contributed by atoms with Crippen LogP contribution < -0.4 is 5.32 Å². The van der Waals surface area contributed by atoms with E-state index in [1.165, 1.54) is 12.1 Å². The van der Waals surface area contributed by atoms with Crippen LogP contribution in [0.1, 0.15) is 12.8 Å². The Bertz CT molecular complexity index is 410. The number of benzene rings is 1. The summed E-state index contributed by atoms with van der Waals surface area (Å²) >= 11 is 5.96. The van der Waals surface area contributed by atoms with Crippen LogP contribution in [0.3, 0.4) is 0 Å². The van der Waals surface area contributed by atoms with E-state index in [-0.39, 0.29) is 5.69 Å². The molecule has 0 aromatic heterocycles. The summed E-state index contributed by atoms with van der Waals surface area (Å²) in [5, 5.41) is 14.1. The van der Waals surface area contributed by atoms with Gasteiger partial charge in [-0.05, 0) is 39.5 Å². The van der Waals surface area contributed by atoms with Crippen molar-refractivity contribution in [1.29, 1.82) is 0 Å². The Kier molecular flexibility index (Phi) is 5.88. The fourth-order valence-electron chi connectivity index (χ4n) is 1.54. The van der Waals surface area contributed by atoms with Gasteiger partial charge >= 0.3 is 0 Å². The fraction of sp³-hybridized carbons (Fsp3) is 0.500. The number of unbranched alkanes of at least 4 members (excludes halogenated alkanes) is 1. The summed E-state index contributed by atoms with van der Waals surface area (Å²) < 4.78 is 0. The standard InChI is InChI=1S/C12H18ClN3O2/c1-15(2)8-4-3-7-14-12-6-5-10(16(17)18)9-11(12)13/h5-6,9,14H,3-4,7-8H2,1-2H3. The van der Waals surface area contributed by atoms with Gasteiger partial charge in [0.15, 0.2) is 0 Å². The van der Waals surface area contributed by atoms with Gasteiger partial charge in [-0.25, -0.2) is 0 Å². The van der Waals surface area contributed by atoms with Crippen LogP contribution in [0.15, 0.2) is 18.2 Å². The normalized spacial score (nSPS) is 10.7. The zero-order valence-electron chi connectivity index (χ0n) is 10.6. The topological polar surface area (TPSA) is 58.4 Å². The number of nitrogens with one attached hydrogen (secondary N) is 1. The Labute approximate surface area is 112 Å². The predicted octanol–water partition coefficient (Wildman–Crippen LogP) is 3.00. The number of nitro groups is 1. The van der Waals surface area contributed by atoms with E-state index < -0.39 is 4.92 Å². The molecule has 6 heteroatoms. The number of anilines is 1. The Morgan fingerprint density at radius 2 is 2.11 bits per heavy atom. The van der Waals surface area contributed by atoms with E-state index >= 15 is 0 Å². The third-order valence-corrected chi connectivity index (χ3v) is 2.82. The number of nitrogens with zero attached hydrogens (tertiary/aromatic N) is 2. The first kappa shape index (κ1) is 14.7. The molecule has 100 valence electrons. The average molecular weight is 272 g/mol. The largest absolute Gasteiger partial charge is 0.384 e. The zero-order chi connectivity index (χ0) is 13.5. The smallest absolute Gasteiger partial charge is 0.271 e. The van der Waals surface area contributed by atoms with Crippen LogP contribution in [0.25, 0.3) is 0 Å². The van der Waals surface area contributed by atoms with Crippen LogP contribution in [-0.2, 0) is 0 Å². The zero-order valence-corrected chi connectivity index (χ0v) is 11.4. The van der Waals surface area contributed by atoms with E-state index in [1.807, 2.05) is 14.1 Å². The molecule has 5 nitrogen and oxygen atoms in total. The number of non-ortho nitro benzene ring substituents is 1. The maximum Gasteiger partial charge on any atom is 0.271 e. The Hall–Kier alpha value is -1.33. The summed E-state index contributed by atoms with van der Waals surface area (Å²) in [6.45, 7) is 1.86. The molecule has 1 rings (SSSR count). The molecule has 0 heterocycles. The second kappa shape index (κ2) is 7.18. The van der Waals surface area contributed by atoms with Crippen LogP contribution in [0.2, 0.25) is 5.02 Å². The Morgan fingerprint density at radius 1 is 1.39 bits per heavy atom. The van der Waals surface area contributed by atoms with Gasteiger partial charge in [0.05, 0.1) is 15.6 Å². The molecule has 1 aromatic carbocycles. The van der Waals surface area contributed by atoms with Gasteiger partial charge in [0.2, 0.25) is 0 Å². The molecule has 0 aliphatic heterocycles. The van der Waals surface area contributed by atoms with Crippen LogP contribution in [0, 0.1) is 10.1 Å². The molecule has 18 heavy (non-hydrogen) atoms. The van der Waals surface area contributed by atoms with Crippen LogP contribution in [0.5, 0.6) is 0 Å². The number of hydrogen-bond donors (Lipinski definition) is 1. The number of rotatable bonds is 7. The highest BCUT2D eigenvalue weighted by Crippen LogP contribution is 2.26. The van der Waals surface area contributed by atoms with Crippen molar-refractivity contribution in [3.63, 3.8) is 0 Å². The number of nitro benzene ring substituents is 1. The predicted molar refractivity (Wildman–Crippen MR) is 74.4 cm³/mol. The average Bonchev–Trinajstić information content (AvgIpc) is 2.29. The second-order valence-electron chi connectivity index (χ2n) is 4.36. The van der Waals surface area contributed by atoms with Gasteiger partial charge in [-0.1, -0.05) is 11.6 Å². The van der Waals surface area contributed by atoms with Crippen molar-refractivity contribution >= 4 is 23.0 Å². The third-order valence-electron chi connectivity index (χ3n) is 2.51. The van der Waals surface area contributed by atoms with Crippen LogP contribution >= 0.6 is 11.6 Å². The lowest BCUT2D eigenvalue weighted by atomic mass is 10.2. The van der Waals surface area contributed by atoms with E-state index in [1.54, 1.807) is 6.07 Å². The van der Waals surface area contributed by atoms with Crippen molar-refractivity contribution in [3.8, 4) is 0 Å². The summed E-state index contributed by atoms with van der Waals surface area (Å²) in [7, 11) is 4.08. The van der Waals surface area contributed by atoms with Gasteiger partial charge in [0.1, 0.15) is 0 Å². The highest BCUT2D eigenvalue weighted by molar-refractivity contribution is 6.33. The fourth-order valence-corrected chi connectivity index (χ4v) is 1.78. The molecule has 0 bridgehead atoms.